The fourth-order valence-electron chi connectivity index (χ4n) is 3.50. The maximum Gasteiger partial charge on any atom is 0.255 e. The SMILES string of the molecule is CCn1c(N)nc2cc(C(=O)N3CCN(c4ncccc4C#N)CC3)cnc21. The predicted octanol–water partition coefficient (Wildman–Crippen LogP) is 1.26. The molecule has 1 aliphatic heterocycles. The van der Waals surface area contributed by atoms with E-state index in [1.807, 2.05) is 16.4 Å². The van der Waals surface area contributed by atoms with Crippen molar-refractivity contribution in [3.8, 4) is 6.07 Å². The Balaban J connectivity index is 1.50. The van der Waals surface area contributed by atoms with Crippen LogP contribution < -0.4 is 10.6 Å². The maximum atomic E-state index is 12.9. The first-order chi connectivity index (χ1) is 13.6. The number of nitrogens with zero attached hydrogens (tertiary/aromatic N) is 7. The molecule has 28 heavy (non-hydrogen) atoms. The van der Waals surface area contributed by atoms with Gasteiger partial charge < -0.3 is 15.5 Å². The number of anilines is 2. The molecule has 1 aliphatic rings. The number of fused-ring (bicyclic) bond motifs is 1. The lowest BCUT2D eigenvalue weighted by molar-refractivity contribution is 0.0746. The summed E-state index contributed by atoms with van der Waals surface area (Å²) in [6.07, 6.45) is 3.26. The largest absolute Gasteiger partial charge is 0.369 e. The lowest BCUT2D eigenvalue weighted by atomic mass is 10.2. The number of imidazole rings is 1. The highest BCUT2D eigenvalue weighted by atomic mass is 16.2. The normalized spacial score (nSPS) is 14.3. The molecule has 9 heteroatoms. The highest BCUT2D eigenvalue weighted by Crippen LogP contribution is 2.20. The molecule has 0 atom stereocenters. The minimum Gasteiger partial charge on any atom is -0.369 e. The van der Waals surface area contributed by atoms with E-state index in [1.165, 1.54) is 0 Å². The molecule has 3 aromatic heterocycles. The van der Waals surface area contributed by atoms with Crippen LogP contribution in [0.15, 0.2) is 30.6 Å². The van der Waals surface area contributed by atoms with Crippen LogP contribution >= 0.6 is 0 Å². The molecule has 0 radical (unpaired) electrons. The zero-order valence-electron chi connectivity index (χ0n) is 15.5. The molecule has 1 saturated heterocycles. The van der Waals surface area contributed by atoms with Gasteiger partial charge in [-0.25, -0.2) is 15.0 Å². The highest BCUT2D eigenvalue weighted by Gasteiger charge is 2.25. The van der Waals surface area contributed by atoms with Crippen LogP contribution in [0.2, 0.25) is 0 Å². The Morgan fingerprint density at radius 2 is 2.07 bits per heavy atom. The summed E-state index contributed by atoms with van der Waals surface area (Å²) in [5.41, 5.74) is 8.25. The van der Waals surface area contributed by atoms with Crippen molar-refractivity contribution in [2.24, 2.45) is 0 Å². The van der Waals surface area contributed by atoms with Crippen LogP contribution in [-0.4, -0.2) is 56.5 Å². The van der Waals surface area contributed by atoms with E-state index < -0.39 is 0 Å². The van der Waals surface area contributed by atoms with E-state index >= 15 is 0 Å². The second-order valence-electron chi connectivity index (χ2n) is 6.55. The molecule has 1 amide bonds. The van der Waals surface area contributed by atoms with Crippen molar-refractivity contribution >= 4 is 28.8 Å². The summed E-state index contributed by atoms with van der Waals surface area (Å²) in [6, 6.07) is 7.41. The van der Waals surface area contributed by atoms with E-state index in [0.29, 0.717) is 66.8 Å². The van der Waals surface area contributed by atoms with Gasteiger partial charge in [0.05, 0.1) is 11.1 Å². The molecule has 2 N–H and O–H groups in total. The molecule has 0 unspecified atom stereocenters. The Labute approximate surface area is 162 Å². The Morgan fingerprint density at radius 1 is 1.29 bits per heavy atom. The summed E-state index contributed by atoms with van der Waals surface area (Å²) in [5.74, 6) is 0.979. The number of aryl methyl sites for hydroxylation is 1. The minimum atomic E-state index is -0.0832. The van der Waals surface area contributed by atoms with Gasteiger partial charge in [-0.2, -0.15) is 5.26 Å². The smallest absolute Gasteiger partial charge is 0.255 e. The number of aromatic nitrogens is 4. The molecular formula is C19H20N8O. The Bertz CT molecular complexity index is 1080. The monoisotopic (exact) mass is 376 g/mol. The number of pyridine rings is 2. The Hall–Kier alpha value is -3.67. The van der Waals surface area contributed by atoms with Crippen molar-refractivity contribution in [2.45, 2.75) is 13.5 Å². The molecule has 0 aliphatic carbocycles. The van der Waals surface area contributed by atoms with Gasteiger partial charge in [-0.1, -0.05) is 0 Å². The van der Waals surface area contributed by atoms with Gasteiger partial charge in [-0.15, -0.1) is 0 Å². The quantitative estimate of drug-likeness (QED) is 0.731. The number of nitrogen functional groups attached to an aromatic ring is 1. The number of carbonyl (C=O) groups is 1. The number of nitrogens with two attached hydrogens (primary N) is 1. The maximum absolute atomic E-state index is 12.9. The van der Waals surface area contributed by atoms with E-state index in [0.717, 1.165) is 0 Å². The molecule has 4 rings (SSSR count). The molecule has 0 spiro atoms. The molecule has 0 bridgehead atoms. The van der Waals surface area contributed by atoms with E-state index in [2.05, 4.69) is 21.0 Å². The summed E-state index contributed by atoms with van der Waals surface area (Å²) < 4.78 is 1.81. The average Bonchev–Trinajstić information content (AvgIpc) is 3.07. The fraction of sp³-hybridized carbons (Fsp3) is 0.316. The lowest BCUT2D eigenvalue weighted by Crippen LogP contribution is -2.49. The van der Waals surface area contributed by atoms with Crippen LogP contribution in [0.4, 0.5) is 11.8 Å². The standard InChI is InChI=1S/C19H20N8O/c1-2-27-17-15(24-19(27)21)10-14(12-23-17)18(28)26-8-6-25(7-9-26)16-13(11-20)4-3-5-22-16/h3-5,10,12H,2,6-9H2,1H3,(H2,21,24). The van der Waals surface area contributed by atoms with E-state index in [4.69, 9.17) is 5.73 Å². The lowest BCUT2D eigenvalue weighted by Gasteiger charge is -2.35. The molecule has 0 saturated carbocycles. The van der Waals surface area contributed by atoms with E-state index in [9.17, 15) is 10.1 Å². The minimum absolute atomic E-state index is 0.0832. The second-order valence-corrected chi connectivity index (χ2v) is 6.55. The number of nitriles is 1. The third kappa shape index (κ3) is 2.99. The number of piperazine rings is 1. The molecule has 4 heterocycles. The molecule has 142 valence electrons. The van der Waals surface area contributed by atoms with Crippen molar-refractivity contribution < 1.29 is 4.79 Å². The number of hydrogen-bond donors (Lipinski definition) is 1. The Morgan fingerprint density at radius 3 is 2.79 bits per heavy atom. The van der Waals surface area contributed by atoms with Crippen LogP contribution in [0.3, 0.4) is 0 Å². The molecular weight excluding hydrogens is 356 g/mol. The summed E-state index contributed by atoms with van der Waals surface area (Å²) >= 11 is 0. The molecule has 9 nitrogen and oxygen atoms in total. The zero-order chi connectivity index (χ0) is 19.7. The summed E-state index contributed by atoms with van der Waals surface area (Å²) in [7, 11) is 0. The third-order valence-corrected chi connectivity index (χ3v) is 4.95. The third-order valence-electron chi connectivity index (χ3n) is 4.95. The predicted molar refractivity (Wildman–Crippen MR) is 105 cm³/mol. The summed E-state index contributed by atoms with van der Waals surface area (Å²) in [4.78, 5) is 29.7. The van der Waals surface area contributed by atoms with Crippen LogP contribution in [-0.2, 0) is 6.54 Å². The van der Waals surface area contributed by atoms with Gasteiger partial charge in [0, 0.05) is 45.1 Å². The van der Waals surface area contributed by atoms with Crippen molar-refractivity contribution in [1.29, 1.82) is 5.26 Å². The number of hydrogen-bond acceptors (Lipinski definition) is 7. The topological polar surface area (TPSA) is 117 Å². The van der Waals surface area contributed by atoms with Crippen LogP contribution in [0.1, 0.15) is 22.8 Å². The first-order valence-electron chi connectivity index (χ1n) is 9.13. The molecule has 3 aromatic rings. The summed E-state index contributed by atoms with van der Waals surface area (Å²) in [6.45, 7) is 4.96. The Kier molecular flexibility index (Phi) is 4.53. The van der Waals surface area contributed by atoms with Gasteiger partial charge in [0.2, 0.25) is 5.95 Å². The highest BCUT2D eigenvalue weighted by molar-refractivity contribution is 5.96. The summed E-state index contributed by atoms with van der Waals surface area (Å²) in [5, 5.41) is 9.26. The first kappa shape index (κ1) is 17.7. The number of carbonyl (C=O) groups excluding carboxylic acids is 1. The first-order valence-corrected chi connectivity index (χ1v) is 9.13. The second kappa shape index (κ2) is 7.15. The van der Waals surface area contributed by atoms with Crippen molar-refractivity contribution in [2.75, 3.05) is 36.8 Å². The van der Waals surface area contributed by atoms with Gasteiger partial charge in [0.15, 0.2) is 5.65 Å². The fourth-order valence-corrected chi connectivity index (χ4v) is 3.50. The van der Waals surface area contributed by atoms with Crippen molar-refractivity contribution in [3.63, 3.8) is 0 Å². The van der Waals surface area contributed by atoms with Crippen LogP contribution in [0.5, 0.6) is 0 Å². The van der Waals surface area contributed by atoms with E-state index in [-0.39, 0.29) is 5.91 Å². The average molecular weight is 376 g/mol. The van der Waals surface area contributed by atoms with Crippen LogP contribution in [0.25, 0.3) is 11.2 Å². The van der Waals surface area contributed by atoms with E-state index in [1.54, 1.807) is 35.5 Å². The number of rotatable bonds is 3. The van der Waals surface area contributed by atoms with Gasteiger partial charge in [-0.05, 0) is 25.1 Å². The van der Waals surface area contributed by atoms with Gasteiger partial charge in [0.1, 0.15) is 17.4 Å². The van der Waals surface area contributed by atoms with Crippen LogP contribution in [0, 0.1) is 11.3 Å². The van der Waals surface area contributed by atoms with Crippen molar-refractivity contribution in [1.82, 2.24) is 24.4 Å². The number of amides is 1. The molecule has 0 aromatic carbocycles. The van der Waals surface area contributed by atoms with Crippen molar-refractivity contribution in [3.05, 3.63) is 41.7 Å². The van der Waals surface area contributed by atoms with Gasteiger partial charge >= 0.3 is 0 Å². The molecule has 1 fully saturated rings. The van der Waals surface area contributed by atoms with Gasteiger partial charge in [0.25, 0.3) is 5.91 Å². The van der Waals surface area contributed by atoms with Gasteiger partial charge in [-0.3, -0.25) is 9.36 Å². The zero-order valence-corrected chi connectivity index (χ0v) is 15.5.